The lowest BCUT2D eigenvalue weighted by molar-refractivity contribution is 0.546. The number of hydrogen-bond acceptors (Lipinski definition) is 2. The predicted molar refractivity (Wildman–Crippen MR) is 59.2 cm³/mol. The molecule has 0 fully saturated rings. The molecule has 0 unspecified atom stereocenters. The van der Waals surface area contributed by atoms with Gasteiger partial charge in [0, 0.05) is 0 Å². The maximum Gasteiger partial charge on any atom is 0.145 e. The Labute approximate surface area is 86.9 Å². The molecule has 0 saturated heterocycles. The molecule has 0 aliphatic carbocycles. The predicted octanol–water partition coefficient (Wildman–Crippen LogP) is 2.01. The Bertz CT molecular complexity index is 345. The van der Waals surface area contributed by atoms with Gasteiger partial charge >= 0.3 is 0 Å². The molecule has 0 heterocycles. The highest BCUT2D eigenvalue weighted by atomic mass is 32.2. The molecule has 0 saturated carbocycles. The molecule has 0 aliphatic rings. The van der Waals surface area contributed by atoms with Crippen LogP contribution in [0.2, 0.25) is 0 Å². The van der Waals surface area contributed by atoms with Crippen molar-refractivity contribution in [3.63, 3.8) is 0 Å². The zero-order valence-electron chi connectivity index (χ0n) is 8.56. The van der Waals surface area contributed by atoms with Crippen LogP contribution in [0.25, 0.3) is 0 Å². The summed E-state index contributed by atoms with van der Waals surface area (Å²) in [5.41, 5.74) is 1.19. The van der Waals surface area contributed by atoms with Crippen molar-refractivity contribution in [3.8, 4) is 0 Å². The molecule has 1 aromatic rings. The van der Waals surface area contributed by atoms with Gasteiger partial charge in [0.25, 0.3) is 0 Å². The van der Waals surface area contributed by atoms with E-state index in [4.69, 9.17) is 0 Å². The van der Waals surface area contributed by atoms with E-state index in [1.165, 1.54) is 5.56 Å². The Kier molecular flexibility index (Phi) is 3.69. The summed E-state index contributed by atoms with van der Waals surface area (Å²) in [4.78, 5) is 0. The van der Waals surface area contributed by atoms with E-state index < -0.39 is 15.5 Å². The summed E-state index contributed by atoms with van der Waals surface area (Å²) in [6, 6.07) is 9.95. The van der Waals surface area contributed by atoms with E-state index in [-0.39, 0.29) is 0 Å². The van der Waals surface area contributed by atoms with Gasteiger partial charge in [-0.15, -0.1) is 0 Å². The lowest BCUT2D eigenvalue weighted by Crippen LogP contribution is -2.22. The molecule has 0 atom stereocenters. The van der Waals surface area contributed by atoms with Crippen LogP contribution in [0.4, 0.5) is 0 Å². The first-order valence-corrected chi connectivity index (χ1v) is 5.88. The topological polar surface area (TPSA) is 34.1 Å². The second kappa shape index (κ2) is 4.60. The van der Waals surface area contributed by atoms with Gasteiger partial charge < -0.3 is 0 Å². The fraction of sp³-hybridized carbons (Fsp3) is 0.455. The Morgan fingerprint density at radius 2 is 1.71 bits per heavy atom. The van der Waals surface area contributed by atoms with E-state index in [2.05, 4.69) is 0 Å². The molecular formula is C11H16O2S. The molecule has 0 aromatic heterocycles. The highest BCUT2D eigenvalue weighted by Crippen LogP contribution is 2.16. The monoisotopic (exact) mass is 212 g/mol. The standard InChI is InChI=1S/C11H16O2S/c1-11(2,14(12)13)9-8-10-6-4-3-5-7-10/h3-7,14H,8-9H2,1-2H3. The van der Waals surface area contributed by atoms with Crippen LogP contribution in [0.15, 0.2) is 30.3 Å². The molecule has 0 radical (unpaired) electrons. The van der Waals surface area contributed by atoms with Crippen molar-refractivity contribution in [2.24, 2.45) is 0 Å². The van der Waals surface area contributed by atoms with Gasteiger partial charge in [0.15, 0.2) is 0 Å². The van der Waals surface area contributed by atoms with E-state index >= 15 is 0 Å². The van der Waals surface area contributed by atoms with Gasteiger partial charge in [-0.25, -0.2) is 8.42 Å². The van der Waals surface area contributed by atoms with Crippen LogP contribution in [0.5, 0.6) is 0 Å². The molecule has 0 N–H and O–H groups in total. The van der Waals surface area contributed by atoms with Crippen LogP contribution in [-0.4, -0.2) is 13.2 Å². The molecule has 14 heavy (non-hydrogen) atoms. The smallest absolute Gasteiger partial charge is 0.145 e. The Hall–Kier alpha value is -0.830. The highest BCUT2D eigenvalue weighted by Gasteiger charge is 2.20. The Morgan fingerprint density at radius 3 is 2.21 bits per heavy atom. The average Bonchev–Trinajstić information content (AvgIpc) is 2.16. The third kappa shape index (κ3) is 3.14. The summed E-state index contributed by atoms with van der Waals surface area (Å²) < 4.78 is 21.2. The lowest BCUT2D eigenvalue weighted by atomic mass is 10.0. The van der Waals surface area contributed by atoms with E-state index in [9.17, 15) is 8.42 Å². The van der Waals surface area contributed by atoms with E-state index in [1.807, 2.05) is 30.3 Å². The molecular weight excluding hydrogens is 196 g/mol. The maximum absolute atomic E-state index is 10.9. The van der Waals surface area contributed by atoms with Gasteiger partial charge in [0.05, 0.1) is 4.75 Å². The van der Waals surface area contributed by atoms with E-state index in [0.29, 0.717) is 6.42 Å². The summed E-state index contributed by atoms with van der Waals surface area (Å²) in [6.45, 7) is 3.53. The van der Waals surface area contributed by atoms with Gasteiger partial charge in [-0.3, -0.25) is 0 Å². The second-order valence-electron chi connectivity index (χ2n) is 4.06. The van der Waals surface area contributed by atoms with Gasteiger partial charge in [-0.1, -0.05) is 30.3 Å². The number of hydrogen-bond donors (Lipinski definition) is 1. The van der Waals surface area contributed by atoms with Gasteiger partial charge in [-0.05, 0) is 32.3 Å². The van der Waals surface area contributed by atoms with Crippen molar-refractivity contribution >= 4 is 10.7 Å². The van der Waals surface area contributed by atoms with Crippen LogP contribution in [0.3, 0.4) is 0 Å². The lowest BCUT2D eigenvalue weighted by Gasteiger charge is -2.16. The van der Waals surface area contributed by atoms with Crippen molar-refractivity contribution < 1.29 is 8.42 Å². The van der Waals surface area contributed by atoms with Crippen LogP contribution < -0.4 is 0 Å². The van der Waals surface area contributed by atoms with Crippen molar-refractivity contribution in [3.05, 3.63) is 35.9 Å². The van der Waals surface area contributed by atoms with Crippen LogP contribution in [0.1, 0.15) is 25.8 Å². The molecule has 78 valence electrons. The largest absolute Gasteiger partial charge is 0.231 e. The van der Waals surface area contributed by atoms with Crippen molar-refractivity contribution in [1.29, 1.82) is 0 Å². The van der Waals surface area contributed by atoms with E-state index in [1.54, 1.807) is 13.8 Å². The molecule has 0 spiro atoms. The molecule has 1 rings (SSSR count). The molecule has 1 aromatic carbocycles. The van der Waals surface area contributed by atoms with E-state index in [0.717, 1.165) is 6.42 Å². The number of thiol groups is 1. The molecule has 2 nitrogen and oxygen atoms in total. The van der Waals surface area contributed by atoms with Crippen LogP contribution in [-0.2, 0) is 17.1 Å². The minimum absolute atomic E-state index is 0.592. The third-order valence-corrected chi connectivity index (χ3v) is 3.57. The molecule has 3 heteroatoms. The first-order valence-electron chi connectivity index (χ1n) is 4.71. The maximum atomic E-state index is 10.9. The molecule has 0 amide bonds. The number of benzene rings is 1. The van der Waals surface area contributed by atoms with Crippen molar-refractivity contribution in [1.82, 2.24) is 0 Å². The molecule has 0 bridgehead atoms. The van der Waals surface area contributed by atoms with Gasteiger partial charge in [0.1, 0.15) is 10.7 Å². The average molecular weight is 212 g/mol. The Balaban J connectivity index is 2.57. The van der Waals surface area contributed by atoms with Crippen molar-refractivity contribution in [2.45, 2.75) is 31.4 Å². The van der Waals surface area contributed by atoms with Crippen LogP contribution >= 0.6 is 0 Å². The molecule has 0 aliphatic heterocycles. The summed E-state index contributed by atoms with van der Waals surface area (Å²) >= 11 is 0. The first kappa shape index (κ1) is 11.2. The summed E-state index contributed by atoms with van der Waals surface area (Å²) in [5, 5.41) is 0. The fourth-order valence-corrected chi connectivity index (χ4v) is 1.48. The quantitative estimate of drug-likeness (QED) is 0.775. The number of rotatable bonds is 4. The SMILES string of the molecule is CC(C)(CCc1ccccc1)[SH](=O)=O. The fourth-order valence-electron chi connectivity index (χ4n) is 1.19. The Morgan fingerprint density at radius 1 is 1.14 bits per heavy atom. The second-order valence-corrected chi connectivity index (χ2v) is 5.78. The minimum Gasteiger partial charge on any atom is -0.231 e. The van der Waals surface area contributed by atoms with Gasteiger partial charge in [0.2, 0.25) is 0 Å². The zero-order valence-corrected chi connectivity index (χ0v) is 9.46. The van der Waals surface area contributed by atoms with Crippen LogP contribution in [0, 0.1) is 0 Å². The first-order chi connectivity index (χ1) is 6.52. The van der Waals surface area contributed by atoms with Gasteiger partial charge in [-0.2, -0.15) is 0 Å². The van der Waals surface area contributed by atoms with Crippen molar-refractivity contribution in [2.75, 3.05) is 0 Å². The highest BCUT2D eigenvalue weighted by molar-refractivity contribution is 7.74. The number of aryl methyl sites for hydroxylation is 1. The normalized spacial score (nSPS) is 11.9. The minimum atomic E-state index is -2.34. The third-order valence-electron chi connectivity index (χ3n) is 2.36. The summed E-state index contributed by atoms with van der Waals surface area (Å²) in [6.07, 6.45) is 1.49. The summed E-state index contributed by atoms with van der Waals surface area (Å²) in [7, 11) is -2.34. The zero-order chi connectivity index (χ0) is 10.6. The summed E-state index contributed by atoms with van der Waals surface area (Å²) in [5.74, 6) is 0.